The molecule has 0 heterocycles. The molecule has 0 aromatic rings. The summed E-state index contributed by atoms with van der Waals surface area (Å²) in [6.07, 6.45) is 11.9. The Morgan fingerprint density at radius 1 is 0.800 bits per heavy atom. The second kappa shape index (κ2) is 10.1. The van der Waals surface area contributed by atoms with Crippen LogP contribution in [0.25, 0.3) is 0 Å². The van der Waals surface area contributed by atoms with E-state index in [4.69, 9.17) is 0 Å². The number of hydrogen-bond acceptors (Lipinski definition) is 1. The van der Waals surface area contributed by atoms with E-state index in [0.29, 0.717) is 0 Å². The lowest BCUT2D eigenvalue weighted by Crippen LogP contribution is -1.91. The Labute approximate surface area is 109 Å². The maximum atomic E-state index is 12.1. The second-order valence-corrected chi connectivity index (χ2v) is 12.1. The molecule has 3 heteroatoms. The highest BCUT2D eigenvalue weighted by Gasteiger charge is 2.15. The van der Waals surface area contributed by atoms with Crippen molar-refractivity contribution in [3.63, 3.8) is 0 Å². The van der Waals surface area contributed by atoms with E-state index in [1.54, 1.807) is 0 Å². The Balaban J connectivity index is 3.45. The fourth-order valence-electron chi connectivity index (χ4n) is 1.66. The van der Waals surface area contributed by atoms with Gasteiger partial charge in [0.05, 0.1) is 0 Å². The van der Waals surface area contributed by atoms with Gasteiger partial charge in [-0.2, -0.15) is 0 Å². The Kier molecular flexibility index (Phi) is 10.8. The molecule has 92 valence electrons. The molecule has 0 atom stereocenters. The van der Waals surface area contributed by atoms with Crippen LogP contribution >= 0.6 is 26.8 Å². The van der Waals surface area contributed by atoms with Crippen molar-refractivity contribution in [3.8, 4) is 0 Å². The van der Waals surface area contributed by atoms with Gasteiger partial charge in [-0.1, -0.05) is 52.4 Å². The Bertz CT molecular complexity index is 166. The summed E-state index contributed by atoms with van der Waals surface area (Å²) in [5.74, 6) is 0. The molecular weight excluding hydrogens is 318 g/mol. The van der Waals surface area contributed by atoms with Crippen LogP contribution in [0.2, 0.25) is 0 Å². The van der Waals surface area contributed by atoms with Crippen molar-refractivity contribution in [2.75, 3.05) is 12.3 Å². The molecule has 0 bridgehead atoms. The molecule has 0 saturated carbocycles. The summed E-state index contributed by atoms with van der Waals surface area (Å²) < 4.78 is 12.1. The van der Waals surface area contributed by atoms with Gasteiger partial charge in [-0.25, -0.2) is 0 Å². The average molecular weight is 344 g/mol. The van der Waals surface area contributed by atoms with Crippen LogP contribution in [0.1, 0.15) is 65.2 Å². The highest BCUT2D eigenvalue weighted by Crippen LogP contribution is 2.55. The molecule has 0 aromatic carbocycles. The Morgan fingerprint density at radius 2 is 1.20 bits per heavy atom. The van der Waals surface area contributed by atoms with Crippen LogP contribution in [-0.2, 0) is 4.57 Å². The lowest BCUT2D eigenvalue weighted by molar-refractivity contribution is 0.578. The Hall–Kier alpha value is 0.960. The van der Waals surface area contributed by atoms with Crippen LogP contribution < -0.4 is 0 Å². The van der Waals surface area contributed by atoms with E-state index >= 15 is 0 Å². The minimum Gasteiger partial charge on any atom is -0.313 e. The molecule has 0 rings (SSSR count). The lowest BCUT2D eigenvalue weighted by Gasteiger charge is -2.10. The zero-order valence-corrected chi connectivity index (χ0v) is 13.4. The topological polar surface area (TPSA) is 17.1 Å². The molecular formula is C12H26IOP. The number of unbranched alkanes of at least 4 members (excludes halogenated alkanes) is 6. The van der Waals surface area contributed by atoms with E-state index in [-0.39, 0.29) is 0 Å². The maximum absolute atomic E-state index is 12.1. The molecule has 0 fully saturated rings. The first-order chi connectivity index (χ1) is 7.12. The predicted molar refractivity (Wildman–Crippen MR) is 79.6 cm³/mol. The molecule has 0 aliphatic heterocycles. The van der Waals surface area contributed by atoms with Crippen molar-refractivity contribution < 1.29 is 4.57 Å². The molecule has 1 nitrogen and oxygen atoms in total. The van der Waals surface area contributed by atoms with Crippen LogP contribution in [0.5, 0.6) is 0 Å². The molecule has 0 aliphatic carbocycles. The van der Waals surface area contributed by atoms with Crippen LogP contribution in [0.3, 0.4) is 0 Å². The molecule has 0 saturated heterocycles. The zero-order valence-electron chi connectivity index (χ0n) is 10.3. The van der Waals surface area contributed by atoms with Gasteiger partial charge in [0.1, 0.15) is 4.78 Å². The minimum absolute atomic E-state index is 0.972. The Morgan fingerprint density at radius 3 is 1.53 bits per heavy atom. The number of halogens is 1. The molecule has 0 aliphatic rings. The van der Waals surface area contributed by atoms with Gasteiger partial charge in [0.2, 0.25) is 0 Å². The SMILES string of the molecule is CCCCCCP(=O)(I)CCCCCC. The second-order valence-electron chi connectivity index (χ2n) is 4.36. The molecule has 0 unspecified atom stereocenters. The first-order valence-electron chi connectivity index (χ1n) is 6.40. The number of hydrogen-bond donors (Lipinski definition) is 0. The molecule has 15 heavy (non-hydrogen) atoms. The summed E-state index contributed by atoms with van der Waals surface area (Å²) in [6, 6.07) is 0. The van der Waals surface area contributed by atoms with Crippen molar-refractivity contribution in [2.24, 2.45) is 0 Å². The summed E-state index contributed by atoms with van der Waals surface area (Å²) in [5.41, 5.74) is 0. The highest BCUT2D eigenvalue weighted by atomic mass is 127. The fraction of sp³-hybridized carbons (Fsp3) is 1.00. The van der Waals surface area contributed by atoms with Crippen molar-refractivity contribution in [3.05, 3.63) is 0 Å². The molecule has 0 aromatic heterocycles. The van der Waals surface area contributed by atoms with Crippen molar-refractivity contribution in [2.45, 2.75) is 65.2 Å². The largest absolute Gasteiger partial charge is 0.313 e. The molecule has 0 spiro atoms. The monoisotopic (exact) mass is 344 g/mol. The maximum Gasteiger partial charge on any atom is 0.143 e. The van der Waals surface area contributed by atoms with Gasteiger partial charge in [0.15, 0.2) is 0 Å². The van der Waals surface area contributed by atoms with Gasteiger partial charge in [-0.15, -0.1) is 0 Å². The summed E-state index contributed by atoms with van der Waals surface area (Å²) in [6.45, 7) is 4.43. The van der Waals surface area contributed by atoms with E-state index in [1.165, 1.54) is 51.4 Å². The van der Waals surface area contributed by atoms with Gasteiger partial charge in [-0.3, -0.25) is 0 Å². The van der Waals surface area contributed by atoms with Crippen molar-refractivity contribution >= 4 is 26.8 Å². The van der Waals surface area contributed by atoms with E-state index in [2.05, 4.69) is 35.9 Å². The van der Waals surface area contributed by atoms with Gasteiger partial charge in [-0.05, 0) is 34.9 Å². The standard InChI is InChI=1S/C12H26IOP/c1-3-5-7-9-11-15(13,14)12-10-8-6-4-2/h3-12H2,1-2H3. The predicted octanol–water partition coefficient (Wildman–Crippen LogP) is 5.86. The third kappa shape index (κ3) is 11.2. The third-order valence-corrected chi connectivity index (χ3v) is 7.55. The zero-order chi connectivity index (χ0) is 11.6. The van der Waals surface area contributed by atoms with E-state index in [0.717, 1.165) is 12.3 Å². The van der Waals surface area contributed by atoms with Crippen LogP contribution in [-0.4, -0.2) is 12.3 Å². The van der Waals surface area contributed by atoms with E-state index in [1.807, 2.05) is 0 Å². The first-order valence-corrected chi connectivity index (χ1v) is 11.3. The van der Waals surface area contributed by atoms with Gasteiger partial charge in [0.25, 0.3) is 0 Å². The van der Waals surface area contributed by atoms with Gasteiger partial charge < -0.3 is 4.57 Å². The summed E-state index contributed by atoms with van der Waals surface area (Å²) in [5, 5.41) is 0. The molecule has 0 amide bonds. The van der Waals surface area contributed by atoms with E-state index < -0.39 is 4.78 Å². The summed E-state index contributed by atoms with van der Waals surface area (Å²) in [7, 11) is 0. The van der Waals surface area contributed by atoms with Crippen LogP contribution in [0, 0.1) is 0 Å². The quantitative estimate of drug-likeness (QED) is 0.276. The molecule has 0 N–H and O–H groups in total. The highest BCUT2D eigenvalue weighted by molar-refractivity contribution is 14.2. The average Bonchev–Trinajstić information content (AvgIpc) is 2.20. The molecule has 0 radical (unpaired) electrons. The van der Waals surface area contributed by atoms with E-state index in [9.17, 15) is 4.57 Å². The third-order valence-electron chi connectivity index (χ3n) is 2.69. The smallest absolute Gasteiger partial charge is 0.143 e. The van der Waals surface area contributed by atoms with Gasteiger partial charge >= 0.3 is 0 Å². The van der Waals surface area contributed by atoms with Gasteiger partial charge in [0, 0.05) is 12.3 Å². The summed E-state index contributed by atoms with van der Waals surface area (Å²) in [4.78, 5) is -1.80. The van der Waals surface area contributed by atoms with Crippen molar-refractivity contribution in [1.29, 1.82) is 0 Å². The van der Waals surface area contributed by atoms with Crippen LogP contribution in [0.15, 0.2) is 0 Å². The summed E-state index contributed by atoms with van der Waals surface area (Å²) >= 11 is 2.23. The normalized spacial score (nSPS) is 11.9. The van der Waals surface area contributed by atoms with Crippen LogP contribution in [0.4, 0.5) is 0 Å². The first kappa shape index (κ1) is 16.0. The number of rotatable bonds is 10. The lowest BCUT2D eigenvalue weighted by atomic mass is 10.2. The minimum atomic E-state index is -1.80. The fourth-order valence-corrected chi connectivity index (χ4v) is 5.32. The van der Waals surface area contributed by atoms with Crippen molar-refractivity contribution in [1.82, 2.24) is 0 Å².